The zero-order chi connectivity index (χ0) is 33.1. The molecule has 0 aliphatic rings. The molecule has 4 rings (SSSR count). The molecule has 0 fully saturated rings. The zero-order valence-corrected chi connectivity index (χ0v) is 23.5. The smallest absolute Gasteiger partial charge is 0.271 e. The molecule has 216 valence electrons. The quantitative estimate of drug-likeness (QED) is 0.271. The maximum Gasteiger partial charge on any atom is 0.271 e. The number of carbonyl (C=O) groups is 2. The highest BCUT2D eigenvalue weighted by atomic mass is 19.1. The van der Waals surface area contributed by atoms with Crippen LogP contribution in [0.2, 0.25) is 5.11 Å². The van der Waals surface area contributed by atoms with Crippen LogP contribution in [0, 0.1) is 17.5 Å². The van der Waals surface area contributed by atoms with Crippen molar-refractivity contribution >= 4 is 62.6 Å². The molecular formula is C28H18B5F3N4O5. The van der Waals surface area contributed by atoms with Crippen molar-refractivity contribution in [1.82, 2.24) is 9.55 Å². The number of carbonyl (C=O) groups excluding carboxylic acids is 2. The average molecular weight is 602 g/mol. The van der Waals surface area contributed by atoms with Gasteiger partial charge in [0.2, 0.25) is 5.91 Å². The molecule has 10 radical (unpaired) electrons. The molecule has 0 aliphatic heterocycles. The second kappa shape index (κ2) is 13.0. The van der Waals surface area contributed by atoms with E-state index in [4.69, 9.17) is 48.7 Å². The molecule has 0 unspecified atom stereocenters. The summed E-state index contributed by atoms with van der Waals surface area (Å²) in [6.07, 6.45) is 2.61. The van der Waals surface area contributed by atoms with Crippen LogP contribution in [0.25, 0.3) is 5.69 Å². The van der Waals surface area contributed by atoms with Crippen LogP contribution in [-0.2, 0) is 4.79 Å². The third kappa shape index (κ3) is 7.65. The monoisotopic (exact) mass is 602 g/mol. The fourth-order valence-electron chi connectivity index (χ4n) is 3.68. The molecular weight excluding hydrogens is 583 g/mol. The van der Waals surface area contributed by atoms with E-state index >= 15 is 8.78 Å². The standard InChI is InChI=1S/C28H18B5F3N4O5/c1-2-23(41)39-22-11-16(7-9-37-22)44-21-13-17(35)19(12-18(21)36)38-25(42)24-20(45-28(32,33)27(29,30)31)8-10-40(26(24)43)15-5-3-14(34)4-6-15/h3-13H,2H2,1H3,(H,38,42)(H,37,39,41). The highest BCUT2D eigenvalue weighted by Gasteiger charge is 2.34. The Labute approximate surface area is 262 Å². The number of rotatable bonds is 10. The lowest BCUT2D eigenvalue weighted by atomic mass is 9.28. The molecule has 2 heterocycles. The van der Waals surface area contributed by atoms with E-state index < -0.39 is 62.2 Å². The van der Waals surface area contributed by atoms with Gasteiger partial charge in [0.1, 0.15) is 44.4 Å². The Morgan fingerprint density at radius 3 is 2.24 bits per heavy atom. The summed E-state index contributed by atoms with van der Waals surface area (Å²) in [5.74, 6) is -5.51. The largest absolute Gasteiger partial charge is 0.507 e. The van der Waals surface area contributed by atoms with Gasteiger partial charge in [-0.2, -0.15) is 0 Å². The van der Waals surface area contributed by atoms with Gasteiger partial charge >= 0.3 is 0 Å². The normalized spacial score (nSPS) is 11.5. The van der Waals surface area contributed by atoms with Crippen molar-refractivity contribution in [1.29, 1.82) is 0 Å². The minimum absolute atomic E-state index is 0.0155. The molecule has 2 aromatic carbocycles. The highest BCUT2D eigenvalue weighted by Crippen LogP contribution is 2.32. The van der Waals surface area contributed by atoms with Crippen molar-refractivity contribution in [2.45, 2.75) is 23.9 Å². The van der Waals surface area contributed by atoms with Gasteiger partial charge in [0, 0.05) is 48.1 Å². The van der Waals surface area contributed by atoms with Gasteiger partial charge in [-0.25, -0.2) is 18.2 Å². The van der Waals surface area contributed by atoms with Gasteiger partial charge < -0.3 is 20.1 Å². The number of amides is 2. The number of nitrogens with one attached hydrogen (secondary N) is 2. The van der Waals surface area contributed by atoms with Gasteiger partial charge in [-0.05, 0) is 36.4 Å². The first-order chi connectivity index (χ1) is 21.1. The van der Waals surface area contributed by atoms with Crippen LogP contribution in [0.5, 0.6) is 17.2 Å². The van der Waals surface area contributed by atoms with E-state index in [0.717, 1.165) is 29.0 Å². The number of hydrogen-bond donors (Lipinski definition) is 2. The summed E-state index contributed by atoms with van der Waals surface area (Å²) in [7, 11) is 28.2. The molecule has 17 heteroatoms. The van der Waals surface area contributed by atoms with Crippen LogP contribution in [0.15, 0.2) is 71.8 Å². The van der Waals surface area contributed by atoms with Crippen molar-refractivity contribution in [3.63, 3.8) is 0 Å². The number of ether oxygens (including phenoxy) is 2. The molecule has 2 N–H and O–H groups in total. The average Bonchev–Trinajstić information content (AvgIpc) is 2.96. The Morgan fingerprint density at radius 1 is 0.911 bits per heavy atom. The van der Waals surface area contributed by atoms with E-state index in [1.165, 1.54) is 30.5 Å². The van der Waals surface area contributed by atoms with Crippen LogP contribution in [0.4, 0.5) is 24.7 Å². The Morgan fingerprint density at radius 2 is 1.60 bits per heavy atom. The van der Waals surface area contributed by atoms with E-state index in [1.807, 2.05) is 0 Å². The van der Waals surface area contributed by atoms with Gasteiger partial charge in [-0.1, -0.05) is 6.92 Å². The minimum atomic E-state index is -2.54. The van der Waals surface area contributed by atoms with Crippen LogP contribution < -0.4 is 25.7 Å². The number of anilines is 2. The van der Waals surface area contributed by atoms with Gasteiger partial charge in [0.15, 0.2) is 17.4 Å². The second-order valence-corrected chi connectivity index (χ2v) is 9.63. The predicted molar refractivity (Wildman–Crippen MR) is 164 cm³/mol. The predicted octanol–water partition coefficient (Wildman–Crippen LogP) is 2.99. The summed E-state index contributed by atoms with van der Waals surface area (Å²) in [6.45, 7) is 1.63. The Kier molecular flexibility index (Phi) is 9.60. The Bertz CT molecular complexity index is 1820. The molecule has 0 bridgehead atoms. The zero-order valence-electron chi connectivity index (χ0n) is 23.5. The van der Waals surface area contributed by atoms with E-state index in [2.05, 4.69) is 15.6 Å². The van der Waals surface area contributed by atoms with Crippen molar-refractivity contribution < 1.29 is 32.2 Å². The summed E-state index contributed by atoms with van der Waals surface area (Å²) >= 11 is 0. The van der Waals surface area contributed by atoms with Crippen molar-refractivity contribution in [2.24, 2.45) is 0 Å². The van der Waals surface area contributed by atoms with Crippen molar-refractivity contribution in [3.05, 3.63) is 100 Å². The lowest BCUT2D eigenvalue weighted by Gasteiger charge is -2.42. The van der Waals surface area contributed by atoms with E-state index in [1.54, 1.807) is 6.92 Å². The number of pyridine rings is 2. The fourth-order valence-corrected chi connectivity index (χ4v) is 3.68. The van der Waals surface area contributed by atoms with Gasteiger partial charge in [-0.3, -0.25) is 19.0 Å². The Balaban J connectivity index is 1.68. The first-order valence-electron chi connectivity index (χ1n) is 13.0. The van der Waals surface area contributed by atoms with Crippen molar-refractivity contribution in [2.75, 3.05) is 10.6 Å². The molecule has 9 nitrogen and oxygen atoms in total. The summed E-state index contributed by atoms with van der Waals surface area (Å²) in [5, 5.41) is -0.327. The molecule has 0 spiro atoms. The topological polar surface area (TPSA) is 112 Å². The van der Waals surface area contributed by atoms with Crippen molar-refractivity contribution in [3.8, 4) is 22.9 Å². The summed E-state index contributed by atoms with van der Waals surface area (Å²) < 4.78 is 55.4. The molecule has 0 saturated carbocycles. The first-order valence-corrected chi connectivity index (χ1v) is 13.0. The summed E-state index contributed by atoms with van der Waals surface area (Å²) in [6, 6.07) is 9.59. The number of hydrogen-bond acceptors (Lipinski definition) is 6. The maximum absolute atomic E-state index is 15.1. The van der Waals surface area contributed by atoms with Gasteiger partial charge in [0.05, 0.1) is 29.2 Å². The van der Waals surface area contributed by atoms with E-state index in [9.17, 15) is 18.8 Å². The van der Waals surface area contributed by atoms with E-state index in [0.29, 0.717) is 12.1 Å². The molecule has 0 atom stereocenters. The molecule has 2 amide bonds. The lowest BCUT2D eigenvalue weighted by Crippen LogP contribution is -2.51. The van der Waals surface area contributed by atoms with Crippen LogP contribution in [-0.4, -0.2) is 66.0 Å². The summed E-state index contributed by atoms with van der Waals surface area (Å²) in [4.78, 5) is 42.5. The maximum atomic E-state index is 15.1. The van der Waals surface area contributed by atoms with Crippen LogP contribution in [0.1, 0.15) is 23.7 Å². The number of aromatic nitrogens is 2. The fraction of sp³-hybridized carbons (Fsp3) is 0.143. The molecule has 0 saturated heterocycles. The third-order valence-electron chi connectivity index (χ3n) is 6.16. The minimum Gasteiger partial charge on any atom is -0.507 e. The van der Waals surface area contributed by atoms with Gasteiger partial charge in [0.25, 0.3) is 11.5 Å². The number of nitrogens with zero attached hydrogens (tertiary/aromatic N) is 2. The number of benzene rings is 2. The molecule has 45 heavy (non-hydrogen) atoms. The van der Waals surface area contributed by atoms with Crippen LogP contribution in [0.3, 0.4) is 0 Å². The first kappa shape index (κ1) is 33.1. The Hall–Kier alpha value is -4.81. The molecule has 0 aliphatic carbocycles. The van der Waals surface area contributed by atoms with Crippen LogP contribution >= 0.6 is 0 Å². The lowest BCUT2D eigenvalue weighted by molar-refractivity contribution is -0.115. The SMILES string of the molecule is [B]C([B])([B])C([B])([B])Oc1ccn(-c2ccc(F)cc2)c(=O)c1C(=O)Nc1cc(F)c(Oc2ccnc(NC(=O)CC)c2)cc1F. The summed E-state index contributed by atoms with van der Waals surface area (Å²) in [5.41, 5.74) is -2.43. The second-order valence-electron chi connectivity index (χ2n) is 9.63. The van der Waals surface area contributed by atoms with Gasteiger partial charge in [-0.15, -0.1) is 5.11 Å². The molecule has 4 aromatic rings. The third-order valence-corrected chi connectivity index (χ3v) is 6.16. The highest BCUT2D eigenvalue weighted by molar-refractivity contribution is 6.67. The molecule has 2 aromatic heterocycles. The number of halogens is 3. The van der Waals surface area contributed by atoms with E-state index in [-0.39, 0.29) is 29.6 Å².